The topological polar surface area (TPSA) is 23.6 Å². The Morgan fingerprint density at radius 1 is 1.22 bits per heavy atom. The number of hydrogen-bond acceptors (Lipinski definition) is 3. The number of Topliss-reactive ketones (excluding diaryl/α,β-unsaturated/α-hetero) is 1. The van der Waals surface area contributed by atoms with Crippen LogP contribution < -0.4 is 0 Å². The van der Waals surface area contributed by atoms with Gasteiger partial charge >= 0.3 is 0 Å². The Hall–Kier alpha value is -0.410. The van der Waals surface area contributed by atoms with Crippen LogP contribution in [0.4, 0.5) is 0 Å². The SMILES string of the molecule is CC1CC(=O)C(CN2CCN(C)C(C)C2)C(C)C1. The van der Waals surface area contributed by atoms with E-state index in [0.717, 1.165) is 32.6 Å². The van der Waals surface area contributed by atoms with E-state index in [1.807, 2.05) is 0 Å². The van der Waals surface area contributed by atoms with Gasteiger partial charge < -0.3 is 4.90 Å². The number of ketones is 1. The Kier molecular flexibility index (Phi) is 4.44. The number of nitrogens with zero attached hydrogens (tertiary/aromatic N) is 2. The summed E-state index contributed by atoms with van der Waals surface area (Å²) in [6, 6.07) is 0.617. The first-order valence-electron chi connectivity index (χ1n) is 7.42. The molecule has 4 atom stereocenters. The maximum absolute atomic E-state index is 12.2. The second-order valence-corrected chi connectivity index (χ2v) is 6.68. The maximum Gasteiger partial charge on any atom is 0.137 e. The van der Waals surface area contributed by atoms with Crippen molar-refractivity contribution >= 4 is 5.78 Å². The fourth-order valence-corrected chi connectivity index (χ4v) is 3.54. The lowest BCUT2D eigenvalue weighted by Crippen LogP contribution is -2.52. The number of piperazine rings is 1. The van der Waals surface area contributed by atoms with Gasteiger partial charge in [0.25, 0.3) is 0 Å². The number of hydrogen-bond donors (Lipinski definition) is 0. The van der Waals surface area contributed by atoms with E-state index >= 15 is 0 Å². The van der Waals surface area contributed by atoms with Gasteiger partial charge in [-0.2, -0.15) is 0 Å². The minimum Gasteiger partial charge on any atom is -0.301 e. The van der Waals surface area contributed by atoms with E-state index in [1.165, 1.54) is 6.42 Å². The third kappa shape index (κ3) is 3.12. The molecule has 1 heterocycles. The molecule has 1 aliphatic carbocycles. The van der Waals surface area contributed by atoms with Crippen molar-refractivity contribution in [3.8, 4) is 0 Å². The predicted molar refractivity (Wildman–Crippen MR) is 74.6 cm³/mol. The zero-order valence-electron chi connectivity index (χ0n) is 12.4. The first kappa shape index (κ1) is 14.0. The van der Waals surface area contributed by atoms with Gasteiger partial charge in [0.05, 0.1) is 0 Å². The van der Waals surface area contributed by atoms with Crippen LogP contribution in [0.2, 0.25) is 0 Å². The molecule has 2 fully saturated rings. The van der Waals surface area contributed by atoms with Crippen molar-refractivity contribution in [3.05, 3.63) is 0 Å². The lowest BCUT2D eigenvalue weighted by molar-refractivity contribution is -0.129. The van der Waals surface area contributed by atoms with Gasteiger partial charge in [0, 0.05) is 44.6 Å². The third-order valence-electron chi connectivity index (χ3n) is 4.92. The molecule has 0 N–H and O–H groups in total. The molecule has 4 unspecified atom stereocenters. The molecule has 104 valence electrons. The second kappa shape index (κ2) is 5.70. The zero-order valence-corrected chi connectivity index (χ0v) is 12.4. The summed E-state index contributed by atoms with van der Waals surface area (Å²) in [7, 11) is 2.19. The van der Waals surface area contributed by atoms with Crippen molar-refractivity contribution < 1.29 is 4.79 Å². The molecular formula is C15H28N2O. The molecule has 18 heavy (non-hydrogen) atoms. The smallest absolute Gasteiger partial charge is 0.137 e. The van der Waals surface area contributed by atoms with E-state index < -0.39 is 0 Å². The van der Waals surface area contributed by atoms with Crippen molar-refractivity contribution in [1.82, 2.24) is 9.80 Å². The van der Waals surface area contributed by atoms with Gasteiger partial charge in [-0.05, 0) is 32.2 Å². The van der Waals surface area contributed by atoms with Crippen LogP contribution in [0.5, 0.6) is 0 Å². The van der Waals surface area contributed by atoms with Crippen LogP contribution in [0.25, 0.3) is 0 Å². The zero-order chi connectivity index (χ0) is 13.3. The first-order valence-corrected chi connectivity index (χ1v) is 7.42. The summed E-state index contributed by atoms with van der Waals surface area (Å²) in [5, 5.41) is 0. The quantitative estimate of drug-likeness (QED) is 0.749. The van der Waals surface area contributed by atoms with Crippen molar-refractivity contribution in [1.29, 1.82) is 0 Å². The normalized spacial score (nSPS) is 40.1. The molecule has 0 bridgehead atoms. The minimum absolute atomic E-state index is 0.289. The maximum atomic E-state index is 12.2. The Morgan fingerprint density at radius 3 is 2.56 bits per heavy atom. The molecule has 1 saturated heterocycles. The minimum atomic E-state index is 0.289. The number of carbonyl (C=O) groups excluding carboxylic acids is 1. The molecule has 2 aliphatic rings. The summed E-state index contributed by atoms with van der Waals surface area (Å²) in [5.41, 5.74) is 0. The summed E-state index contributed by atoms with van der Waals surface area (Å²) in [4.78, 5) is 17.1. The summed E-state index contributed by atoms with van der Waals surface area (Å²) in [6.07, 6.45) is 2.03. The average molecular weight is 252 g/mol. The Morgan fingerprint density at radius 2 is 1.94 bits per heavy atom. The van der Waals surface area contributed by atoms with Crippen molar-refractivity contribution in [2.45, 2.75) is 39.7 Å². The molecular weight excluding hydrogens is 224 g/mol. The van der Waals surface area contributed by atoms with Gasteiger partial charge in [0.1, 0.15) is 5.78 Å². The van der Waals surface area contributed by atoms with Crippen LogP contribution in [0.15, 0.2) is 0 Å². The molecule has 0 aromatic heterocycles. The van der Waals surface area contributed by atoms with Gasteiger partial charge in [-0.15, -0.1) is 0 Å². The summed E-state index contributed by atoms with van der Waals surface area (Å²) in [6.45, 7) is 11.1. The second-order valence-electron chi connectivity index (χ2n) is 6.68. The van der Waals surface area contributed by atoms with Gasteiger partial charge in [0.15, 0.2) is 0 Å². The van der Waals surface area contributed by atoms with Crippen LogP contribution in [-0.2, 0) is 4.79 Å². The monoisotopic (exact) mass is 252 g/mol. The van der Waals surface area contributed by atoms with Crippen molar-refractivity contribution in [2.75, 3.05) is 33.2 Å². The number of rotatable bonds is 2. The van der Waals surface area contributed by atoms with E-state index in [-0.39, 0.29) is 5.92 Å². The lowest BCUT2D eigenvalue weighted by atomic mass is 9.74. The lowest BCUT2D eigenvalue weighted by Gasteiger charge is -2.41. The highest BCUT2D eigenvalue weighted by Gasteiger charge is 2.34. The molecule has 1 saturated carbocycles. The molecule has 0 radical (unpaired) electrons. The average Bonchev–Trinajstić information content (AvgIpc) is 2.28. The largest absolute Gasteiger partial charge is 0.301 e. The third-order valence-corrected chi connectivity index (χ3v) is 4.92. The molecule has 3 heteroatoms. The van der Waals surface area contributed by atoms with Crippen LogP contribution in [-0.4, -0.2) is 54.9 Å². The van der Waals surface area contributed by atoms with Crippen molar-refractivity contribution in [3.63, 3.8) is 0 Å². The molecule has 0 aromatic carbocycles. The highest BCUT2D eigenvalue weighted by atomic mass is 16.1. The first-order chi connectivity index (χ1) is 8.47. The Labute approximate surface area is 112 Å². The Balaban J connectivity index is 1.90. The van der Waals surface area contributed by atoms with E-state index in [0.29, 0.717) is 23.7 Å². The van der Waals surface area contributed by atoms with E-state index in [9.17, 15) is 4.79 Å². The van der Waals surface area contributed by atoms with Crippen LogP contribution in [0.3, 0.4) is 0 Å². The van der Waals surface area contributed by atoms with Gasteiger partial charge in [-0.25, -0.2) is 0 Å². The predicted octanol–water partition coefficient (Wildman–Crippen LogP) is 1.87. The van der Waals surface area contributed by atoms with Gasteiger partial charge in [0.2, 0.25) is 0 Å². The summed E-state index contributed by atoms with van der Waals surface area (Å²) >= 11 is 0. The van der Waals surface area contributed by atoms with Gasteiger partial charge in [-0.3, -0.25) is 9.69 Å². The van der Waals surface area contributed by atoms with Crippen LogP contribution >= 0.6 is 0 Å². The molecule has 3 nitrogen and oxygen atoms in total. The highest BCUT2D eigenvalue weighted by molar-refractivity contribution is 5.82. The van der Waals surface area contributed by atoms with Crippen LogP contribution in [0, 0.1) is 17.8 Å². The van der Waals surface area contributed by atoms with Crippen LogP contribution in [0.1, 0.15) is 33.6 Å². The molecule has 2 rings (SSSR count). The summed E-state index contributed by atoms with van der Waals surface area (Å²) in [5.74, 6) is 1.95. The molecule has 1 aliphatic heterocycles. The standard InChI is InChI=1S/C15H28N2O/c1-11-7-12(2)14(15(18)8-11)10-17-6-5-16(4)13(3)9-17/h11-14H,5-10H2,1-4H3. The molecule has 0 spiro atoms. The van der Waals surface area contributed by atoms with E-state index in [2.05, 4.69) is 37.6 Å². The molecule has 0 amide bonds. The Bertz CT molecular complexity index is 305. The number of carbonyl (C=O) groups is 1. The highest BCUT2D eigenvalue weighted by Crippen LogP contribution is 2.31. The fraction of sp³-hybridized carbons (Fsp3) is 0.933. The summed E-state index contributed by atoms with van der Waals surface area (Å²) < 4.78 is 0. The number of likely N-dealkylation sites (N-methyl/N-ethyl adjacent to an activating group) is 1. The fourth-order valence-electron chi connectivity index (χ4n) is 3.54. The van der Waals surface area contributed by atoms with Crippen molar-refractivity contribution in [2.24, 2.45) is 17.8 Å². The van der Waals surface area contributed by atoms with E-state index in [1.54, 1.807) is 0 Å². The molecule has 0 aromatic rings. The van der Waals surface area contributed by atoms with Gasteiger partial charge in [-0.1, -0.05) is 13.8 Å². The van der Waals surface area contributed by atoms with E-state index in [4.69, 9.17) is 0 Å².